The number of fused-ring (bicyclic) bond motifs is 2. The number of ether oxygens (including phenoxy) is 4. The number of rotatable bonds is 10. The first-order chi connectivity index (χ1) is 18.2. The molecule has 8 nitrogen and oxygen atoms in total. The standard InChI is InChI=1S/C29H29N3O5/c1-3-13-36-29(33)23-15-20-6-4-5-7-21(20)16-26(23)37-25-8-9-31-24-18-28(27(34-2)17-22(24)25)35-14-12-32-11-10-30-19-32/h4-9,15-19H,3,10-14H2,1-2H3. The molecule has 0 radical (unpaired) electrons. The fourth-order valence-electron chi connectivity index (χ4n) is 4.20. The van der Waals surface area contributed by atoms with Gasteiger partial charge in [-0.3, -0.25) is 9.98 Å². The van der Waals surface area contributed by atoms with Crippen LogP contribution in [0.5, 0.6) is 23.0 Å². The molecule has 4 aromatic rings. The lowest BCUT2D eigenvalue weighted by Crippen LogP contribution is -2.25. The number of benzene rings is 3. The van der Waals surface area contributed by atoms with Gasteiger partial charge in [-0.2, -0.15) is 0 Å². The molecule has 0 amide bonds. The Bertz CT molecular complexity index is 1450. The molecule has 0 aliphatic carbocycles. The van der Waals surface area contributed by atoms with Crippen molar-refractivity contribution in [1.82, 2.24) is 9.88 Å². The molecule has 2 heterocycles. The van der Waals surface area contributed by atoms with Crippen LogP contribution in [0.25, 0.3) is 21.7 Å². The van der Waals surface area contributed by atoms with Crippen LogP contribution in [0.2, 0.25) is 0 Å². The normalized spacial score (nSPS) is 12.8. The van der Waals surface area contributed by atoms with Gasteiger partial charge in [0, 0.05) is 24.2 Å². The average Bonchev–Trinajstić information content (AvgIpc) is 3.44. The van der Waals surface area contributed by atoms with E-state index in [0.717, 1.165) is 42.2 Å². The molecule has 1 aliphatic heterocycles. The number of nitrogens with zero attached hydrogens (tertiary/aromatic N) is 3. The summed E-state index contributed by atoms with van der Waals surface area (Å²) < 4.78 is 23.4. The van der Waals surface area contributed by atoms with Crippen molar-refractivity contribution in [3.05, 3.63) is 66.4 Å². The minimum atomic E-state index is -0.419. The number of carbonyl (C=O) groups is 1. The molecular formula is C29H29N3O5. The Morgan fingerprint density at radius 3 is 2.57 bits per heavy atom. The lowest BCUT2D eigenvalue weighted by atomic mass is 10.1. The van der Waals surface area contributed by atoms with E-state index >= 15 is 0 Å². The van der Waals surface area contributed by atoms with E-state index in [-0.39, 0.29) is 0 Å². The molecule has 0 saturated heterocycles. The van der Waals surface area contributed by atoms with Crippen molar-refractivity contribution in [2.45, 2.75) is 13.3 Å². The molecule has 0 fully saturated rings. The minimum absolute atomic E-state index is 0.341. The fraction of sp³-hybridized carbons (Fsp3) is 0.276. The van der Waals surface area contributed by atoms with Gasteiger partial charge in [0.05, 0.1) is 38.7 Å². The Balaban J connectivity index is 1.47. The van der Waals surface area contributed by atoms with Crippen molar-refractivity contribution in [3.8, 4) is 23.0 Å². The maximum atomic E-state index is 12.9. The topological polar surface area (TPSA) is 82.5 Å². The molecule has 0 bridgehead atoms. The number of methoxy groups -OCH3 is 1. The van der Waals surface area contributed by atoms with Crippen LogP contribution in [-0.2, 0) is 4.74 Å². The molecule has 1 aromatic heterocycles. The Morgan fingerprint density at radius 1 is 0.973 bits per heavy atom. The predicted molar refractivity (Wildman–Crippen MR) is 143 cm³/mol. The summed E-state index contributed by atoms with van der Waals surface area (Å²) in [5.41, 5.74) is 1.06. The Morgan fingerprint density at radius 2 is 1.81 bits per heavy atom. The van der Waals surface area contributed by atoms with E-state index in [1.165, 1.54) is 0 Å². The van der Waals surface area contributed by atoms with Crippen LogP contribution in [0.4, 0.5) is 0 Å². The average molecular weight is 500 g/mol. The third kappa shape index (κ3) is 5.43. The predicted octanol–water partition coefficient (Wildman–Crippen LogP) is 5.48. The molecule has 190 valence electrons. The first-order valence-corrected chi connectivity index (χ1v) is 12.4. The van der Waals surface area contributed by atoms with Crippen LogP contribution in [0, 0.1) is 0 Å². The molecule has 8 heteroatoms. The number of hydrogen-bond donors (Lipinski definition) is 0. The third-order valence-electron chi connectivity index (χ3n) is 6.11. The highest BCUT2D eigenvalue weighted by Crippen LogP contribution is 2.38. The van der Waals surface area contributed by atoms with Gasteiger partial charge in [0.15, 0.2) is 11.5 Å². The van der Waals surface area contributed by atoms with Crippen LogP contribution < -0.4 is 14.2 Å². The zero-order valence-electron chi connectivity index (χ0n) is 21.0. The number of aliphatic imine (C=N–C) groups is 1. The van der Waals surface area contributed by atoms with Crippen molar-refractivity contribution >= 4 is 34.0 Å². The molecule has 3 aromatic carbocycles. The number of hydrogen-bond acceptors (Lipinski definition) is 8. The van der Waals surface area contributed by atoms with Crippen LogP contribution in [-0.4, -0.2) is 62.1 Å². The molecule has 0 saturated carbocycles. The monoisotopic (exact) mass is 499 g/mol. The first-order valence-electron chi connectivity index (χ1n) is 12.4. The van der Waals surface area contributed by atoms with Crippen LogP contribution in [0.1, 0.15) is 23.7 Å². The Kier molecular flexibility index (Phi) is 7.35. The van der Waals surface area contributed by atoms with E-state index < -0.39 is 5.97 Å². The zero-order valence-corrected chi connectivity index (χ0v) is 21.0. The third-order valence-corrected chi connectivity index (χ3v) is 6.11. The number of aromatic nitrogens is 1. The van der Waals surface area contributed by atoms with Gasteiger partial charge >= 0.3 is 5.97 Å². The molecule has 37 heavy (non-hydrogen) atoms. The second kappa shape index (κ2) is 11.2. The van der Waals surface area contributed by atoms with E-state index in [1.54, 1.807) is 19.4 Å². The molecule has 0 atom stereocenters. The Labute approximate surface area is 215 Å². The summed E-state index contributed by atoms with van der Waals surface area (Å²) in [6.45, 7) is 5.25. The van der Waals surface area contributed by atoms with E-state index in [0.29, 0.717) is 47.3 Å². The highest BCUT2D eigenvalue weighted by Gasteiger charge is 2.19. The van der Waals surface area contributed by atoms with E-state index in [4.69, 9.17) is 18.9 Å². The first kappa shape index (κ1) is 24.4. The molecule has 0 spiro atoms. The summed E-state index contributed by atoms with van der Waals surface area (Å²) in [5.74, 6) is 1.71. The summed E-state index contributed by atoms with van der Waals surface area (Å²) in [5, 5.41) is 2.63. The second-order valence-electron chi connectivity index (χ2n) is 8.67. The molecule has 1 aliphatic rings. The summed E-state index contributed by atoms with van der Waals surface area (Å²) in [6.07, 6.45) is 4.26. The van der Waals surface area contributed by atoms with Crippen LogP contribution >= 0.6 is 0 Å². The van der Waals surface area contributed by atoms with Crippen molar-refractivity contribution < 1.29 is 23.7 Å². The van der Waals surface area contributed by atoms with Crippen molar-refractivity contribution in [3.63, 3.8) is 0 Å². The second-order valence-corrected chi connectivity index (χ2v) is 8.67. The van der Waals surface area contributed by atoms with Gasteiger partial charge in [0.1, 0.15) is 23.7 Å². The van der Waals surface area contributed by atoms with Gasteiger partial charge in [0.25, 0.3) is 0 Å². The van der Waals surface area contributed by atoms with Crippen molar-refractivity contribution in [1.29, 1.82) is 0 Å². The van der Waals surface area contributed by atoms with Gasteiger partial charge in [-0.1, -0.05) is 31.2 Å². The quantitative estimate of drug-likeness (QED) is 0.267. The maximum absolute atomic E-state index is 12.9. The Hall–Kier alpha value is -4.33. The van der Waals surface area contributed by atoms with Gasteiger partial charge < -0.3 is 23.8 Å². The molecule has 5 rings (SSSR count). The lowest BCUT2D eigenvalue weighted by Gasteiger charge is -2.17. The maximum Gasteiger partial charge on any atom is 0.341 e. The summed E-state index contributed by atoms with van der Waals surface area (Å²) in [4.78, 5) is 23.8. The summed E-state index contributed by atoms with van der Waals surface area (Å²) >= 11 is 0. The van der Waals surface area contributed by atoms with Crippen molar-refractivity contribution in [2.24, 2.45) is 4.99 Å². The van der Waals surface area contributed by atoms with Gasteiger partial charge in [-0.05, 0) is 41.5 Å². The van der Waals surface area contributed by atoms with E-state index in [1.807, 2.05) is 61.8 Å². The number of esters is 1. The van der Waals surface area contributed by atoms with Gasteiger partial charge in [-0.25, -0.2) is 4.79 Å². The highest BCUT2D eigenvalue weighted by molar-refractivity contribution is 5.99. The largest absolute Gasteiger partial charge is 0.493 e. The van der Waals surface area contributed by atoms with Crippen molar-refractivity contribution in [2.75, 3.05) is 40.0 Å². The van der Waals surface area contributed by atoms with E-state index in [2.05, 4.69) is 14.9 Å². The molecule has 0 unspecified atom stereocenters. The van der Waals surface area contributed by atoms with Gasteiger partial charge in [0.2, 0.25) is 0 Å². The van der Waals surface area contributed by atoms with E-state index in [9.17, 15) is 4.79 Å². The summed E-state index contributed by atoms with van der Waals surface area (Å²) in [6, 6.07) is 17.0. The summed E-state index contributed by atoms with van der Waals surface area (Å²) in [7, 11) is 1.60. The number of pyridine rings is 1. The smallest absolute Gasteiger partial charge is 0.341 e. The highest BCUT2D eigenvalue weighted by atomic mass is 16.5. The fourth-order valence-corrected chi connectivity index (χ4v) is 4.20. The zero-order chi connectivity index (χ0) is 25.6. The van der Waals surface area contributed by atoms with Crippen LogP contribution in [0.3, 0.4) is 0 Å². The lowest BCUT2D eigenvalue weighted by molar-refractivity contribution is 0.0502. The molecular weight excluding hydrogens is 470 g/mol. The molecule has 0 N–H and O–H groups in total. The minimum Gasteiger partial charge on any atom is -0.493 e. The number of carbonyl (C=O) groups excluding carboxylic acids is 1. The van der Waals surface area contributed by atoms with Crippen LogP contribution in [0.15, 0.2) is 65.8 Å². The van der Waals surface area contributed by atoms with Gasteiger partial charge in [-0.15, -0.1) is 0 Å². The SMILES string of the molecule is CCCOC(=O)c1cc2ccccc2cc1Oc1ccnc2cc(OCCN3C=NCC3)c(OC)cc12.